The molecule has 1 unspecified atom stereocenters. The summed E-state index contributed by atoms with van der Waals surface area (Å²) < 4.78 is 5.46. The lowest BCUT2D eigenvalue weighted by Crippen LogP contribution is -2.64. The van der Waals surface area contributed by atoms with Gasteiger partial charge in [0.15, 0.2) is 0 Å². The molecule has 0 amide bonds. The highest BCUT2D eigenvalue weighted by Crippen LogP contribution is 2.59. The van der Waals surface area contributed by atoms with E-state index in [4.69, 9.17) is 0 Å². The average molecular weight is 481 g/mol. The van der Waals surface area contributed by atoms with Gasteiger partial charge in [-0.25, -0.2) is 9.13 Å². The summed E-state index contributed by atoms with van der Waals surface area (Å²) in [5, 5.41) is 10.3. The first-order chi connectivity index (χ1) is 16.9. The maximum atomic E-state index is 10.3. The molecule has 9 rings (SSSR count). The van der Waals surface area contributed by atoms with Gasteiger partial charge in [0.25, 0.3) is 0 Å². The molecule has 1 aromatic heterocycles. The van der Waals surface area contributed by atoms with E-state index in [0.717, 1.165) is 54.8 Å². The SMILES string of the molecule is CCCCC(CC)C(=O)[O-].c1c[n+](C23CC4CC(CC(C4)C2)C3)cn1C12CC3CC(CC(C3)C1)C2. The van der Waals surface area contributed by atoms with E-state index in [1.165, 1.54) is 38.5 Å². The van der Waals surface area contributed by atoms with Crippen LogP contribution in [0, 0.1) is 41.4 Å². The second-order valence-electron chi connectivity index (χ2n) is 14.1. The number of nitrogens with zero attached hydrogens (tertiary/aromatic N) is 2. The lowest BCUT2D eigenvalue weighted by atomic mass is 9.53. The van der Waals surface area contributed by atoms with Gasteiger partial charge in [0.05, 0.1) is 0 Å². The van der Waals surface area contributed by atoms with Gasteiger partial charge in [-0.2, -0.15) is 0 Å². The minimum absolute atomic E-state index is 0.222. The fourth-order valence-electron chi connectivity index (χ4n) is 10.6. The maximum Gasteiger partial charge on any atom is 0.244 e. The molecule has 0 N–H and O–H groups in total. The van der Waals surface area contributed by atoms with Crippen molar-refractivity contribution < 1.29 is 14.5 Å². The van der Waals surface area contributed by atoms with E-state index in [2.05, 4.69) is 34.8 Å². The third-order valence-electron chi connectivity index (χ3n) is 11.5. The molecular formula is C31H48N2O2. The Bertz CT molecular complexity index is 788. The standard InChI is InChI=1S/C23H33N2.C8H16O2/c1-2-25(23-12-19-6-20(13-23)8-21(7-19)14-23)15-24(1)22-9-16-3-17(10-22)5-18(4-16)11-22;1-3-5-6-7(4-2)8(9)10/h1-2,15-21H,3-14H2;7H,3-6H2,1-2H3,(H,9,10)/q+1;/p-1. The molecule has 8 aliphatic carbocycles. The second kappa shape index (κ2) is 9.21. The lowest BCUT2D eigenvalue weighted by Gasteiger charge is -2.55. The van der Waals surface area contributed by atoms with Crippen LogP contribution in [-0.4, -0.2) is 10.5 Å². The van der Waals surface area contributed by atoms with Gasteiger partial charge >= 0.3 is 0 Å². The van der Waals surface area contributed by atoms with Crippen LogP contribution >= 0.6 is 0 Å². The van der Waals surface area contributed by atoms with Gasteiger partial charge < -0.3 is 9.90 Å². The van der Waals surface area contributed by atoms with Gasteiger partial charge in [0.1, 0.15) is 23.5 Å². The molecular weight excluding hydrogens is 432 g/mol. The fraction of sp³-hybridized carbons (Fsp3) is 0.871. The van der Waals surface area contributed by atoms with E-state index < -0.39 is 5.97 Å². The Morgan fingerprint density at radius 1 is 0.886 bits per heavy atom. The van der Waals surface area contributed by atoms with Gasteiger partial charge in [0, 0.05) is 5.97 Å². The number of carboxylic acid groups (broad SMARTS) is 1. The van der Waals surface area contributed by atoms with E-state index in [9.17, 15) is 9.90 Å². The molecule has 8 bridgehead atoms. The molecule has 0 radical (unpaired) electrons. The van der Waals surface area contributed by atoms with Crippen molar-refractivity contribution in [3.63, 3.8) is 0 Å². The summed E-state index contributed by atoms with van der Waals surface area (Å²) in [5.74, 6) is 5.14. The number of aromatic nitrogens is 2. The molecule has 8 fully saturated rings. The van der Waals surface area contributed by atoms with E-state index in [1.807, 2.05) is 6.92 Å². The first kappa shape index (κ1) is 24.0. The molecule has 0 aromatic carbocycles. The Hall–Kier alpha value is -1.32. The number of rotatable bonds is 7. The number of unbranched alkanes of at least 4 members (excludes halogenated alkanes) is 1. The number of carbonyl (C=O) groups is 1. The highest BCUT2D eigenvalue weighted by Gasteiger charge is 2.57. The van der Waals surface area contributed by atoms with Crippen LogP contribution in [0.2, 0.25) is 0 Å². The van der Waals surface area contributed by atoms with Crippen molar-refractivity contribution in [2.24, 2.45) is 41.4 Å². The maximum absolute atomic E-state index is 10.3. The molecule has 0 spiro atoms. The van der Waals surface area contributed by atoms with Crippen molar-refractivity contribution in [3.8, 4) is 0 Å². The first-order valence-electron chi connectivity index (χ1n) is 15.2. The summed E-state index contributed by atoms with van der Waals surface area (Å²) in [5.41, 5.74) is 1.00. The Balaban J connectivity index is 0.000000198. The average Bonchev–Trinajstić information content (AvgIpc) is 3.31. The Kier molecular flexibility index (Phi) is 6.33. The van der Waals surface area contributed by atoms with Crippen molar-refractivity contribution >= 4 is 5.97 Å². The number of hydrogen-bond donors (Lipinski definition) is 0. The minimum atomic E-state index is -0.893. The van der Waals surface area contributed by atoms with Crippen LogP contribution in [0.3, 0.4) is 0 Å². The zero-order valence-electron chi connectivity index (χ0n) is 22.3. The van der Waals surface area contributed by atoms with Gasteiger partial charge in [0.2, 0.25) is 6.33 Å². The molecule has 35 heavy (non-hydrogen) atoms. The normalized spacial score (nSPS) is 43.1. The monoisotopic (exact) mass is 480 g/mol. The Labute approximate surface area is 212 Å². The van der Waals surface area contributed by atoms with Gasteiger partial charge in [-0.05, 0) is 131 Å². The highest BCUT2D eigenvalue weighted by molar-refractivity contribution is 5.67. The smallest absolute Gasteiger partial charge is 0.244 e. The van der Waals surface area contributed by atoms with Crippen LogP contribution in [0.4, 0.5) is 0 Å². The van der Waals surface area contributed by atoms with E-state index in [0.29, 0.717) is 17.5 Å². The van der Waals surface area contributed by atoms with Gasteiger partial charge in [-0.3, -0.25) is 0 Å². The van der Waals surface area contributed by atoms with Gasteiger partial charge in [-0.1, -0.05) is 26.7 Å². The summed E-state index contributed by atoms with van der Waals surface area (Å²) in [6.07, 6.45) is 29.3. The molecule has 1 atom stereocenters. The minimum Gasteiger partial charge on any atom is -0.550 e. The lowest BCUT2D eigenvalue weighted by molar-refractivity contribution is -0.776. The van der Waals surface area contributed by atoms with Crippen LogP contribution in [-0.2, 0) is 15.9 Å². The van der Waals surface area contributed by atoms with Crippen molar-refractivity contribution in [1.29, 1.82) is 0 Å². The highest BCUT2D eigenvalue weighted by atomic mass is 16.4. The molecule has 0 saturated heterocycles. The summed E-state index contributed by atoms with van der Waals surface area (Å²) in [7, 11) is 0. The predicted molar refractivity (Wildman–Crippen MR) is 135 cm³/mol. The Morgan fingerprint density at radius 2 is 1.37 bits per heavy atom. The van der Waals surface area contributed by atoms with Crippen LogP contribution in [0.1, 0.15) is 117 Å². The van der Waals surface area contributed by atoms with Crippen LogP contribution in [0.15, 0.2) is 18.7 Å². The largest absolute Gasteiger partial charge is 0.550 e. The van der Waals surface area contributed by atoms with Crippen molar-refractivity contribution in [2.45, 2.75) is 128 Å². The van der Waals surface area contributed by atoms with Crippen molar-refractivity contribution in [3.05, 3.63) is 18.7 Å². The summed E-state index contributed by atoms with van der Waals surface area (Å²) in [6.45, 7) is 3.94. The van der Waals surface area contributed by atoms with Crippen LogP contribution in [0.25, 0.3) is 0 Å². The molecule has 8 aliphatic rings. The summed E-state index contributed by atoms with van der Waals surface area (Å²) >= 11 is 0. The second-order valence-corrected chi connectivity index (χ2v) is 14.1. The van der Waals surface area contributed by atoms with E-state index >= 15 is 0 Å². The van der Waals surface area contributed by atoms with Crippen LogP contribution in [0.5, 0.6) is 0 Å². The molecule has 1 heterocycles. The molecule has 194 valence electrons. The first-order valence-corrected chi connectivity index (χ1v) is 15.2. The topological polar surface area (TPSA) is 48.9 Å². The van der Waals surface area contributed by atoms with E-state index in [1.54, 1.807) is 38.5 Å². The van der Waals surface area contributed by atoms with Crippen molar-refractivity contribution in [2.75, 3.05) is 0 Å². The van der Waals surface area contributed by atoms with Crippen molar-refractivity contribution in [1.82, 2.24) is 4.57 Å². The third-order valence-corrected chi connectivity index (χ3v) is 11.5. The Morgan fingerprint density at radius 3 is 1.80 bits per heavy atom. The molecule has 0 aliphatic heterocycles. The molecule has 4 heteroatoms. The molecule has 4 nitrogen and oxygen atoms in total. The number of hydrogen-bond acceptors (Lipinski definition) is 2. The number of imidazole rings is 1. The van der Waals surface area contributed by atoms with Gasteiger partial charge in [-0.15, -0.1) is 0 Å². The fourth-order valence-corrected chi connectivity index (χ4v) is 10.6. The number of carbonyl (C=O) groups excluding carboxylic acids is 1. The van der Waals surface area contributed by atoms with Crippen LogP contribution < -0.4 is 9.67 Å². The zero-order chi connectivity index (χ0) is 24.2. The molecule has 8 saturated carbocycles. The summed E-state index contributed by atoms with van der Waals surface area (Å²) in [6, 6.07) is 0. The number of aliphatic carboxylic acids is 1. The number of carboxylic acids is 1. The molecule has 1 aromatic rings. The summed E-state index contributed by atoms with van der Waals surface area (Å²) in [4.78, 5) is 10.3. The predicted octanol–water partition coefficient (Wildman–Crippen LogP) is 5.58. The van der Waals surface area contributed by atoms with E-state index in [-0.39, 0.29) is 5.92 Å². The zero-order valence-corrected chi connectivity index (χ0v) is 22.3. The third kappa shape index (κ3) is 4.39. The quantitative estimate of drug-likeness (QED) is 0.479.